The van der Waals surface area contributed by atoms with Crippen molar-refractivity contribution in [3.05, 3.63) is 42.5 Å². The second-order valence-corrected chi connectivity index (χ2v) is 3.70. The molecule has 0 saturated heterocycles. The minimum atomic E-state index is 0.701. The normalized spacial score (nSPS) is 10.6. The molecule has 0 aliphatic carbocycles. The summed E-state index contributed by atoms with van der Waals surface area (Å²) < 4.78 is 10.6. The van der Waals surface area contributed by atoms with E-state index >= 15 is 0 Å². The van der Waals surface area contributed by atoms with Gasteiger partial charge in [0, 0.05) is 20.1 Å². The molecule has 0 aliphatic heterocycles. The molecule has 0 atom stereocenters. The van der Waals surface area contributed by atoms with E-state index in [2.05, 4.69) is 24.3 Å². The van der Waals surface area contributed by atoms with Crippen LogP contribution in [0.2, 0.25) is 0 Å². The Labute approximate surface area is 95.8 Å². The number of rotatable bonds is 5. The Morgan fingerprint density at radius 3 is 2.56 bits per heavy atom. The van der Waals surface area contributed by atoms with Crippen LogP contribution in [0.5, 0.6) is 5.75 Å². The van der Waals surface area contributed by atoms with Crippen LogP contribution in [0.15, 0.2) is 42.5 Å². The molecule has 2 nitrogen and oxygen atoms in total. The maximum absolute atomic E-state index is 5.64. The Hall–Kier alpha value is -1.54. The van der Waals surface area contributed by atoms with Crippen molar-refractivity contribution < 1.29 is 9.47 Å². The standard InChI is InChI=1S/C14H16O2/c1-15-9-4-10-16-14-8-7-12-5-2-3-6-13(12)11-14/h2-3,5-8,11H,4,9-10H2,1H3. The summed E-state index contributed by atoms with van der Waals surface area (Å²) >= 11 is 0. The number of benzene rings is 2. The average molecular weight is 216 g/mol. The highest BCUT2D eigenvalue weighted by Crippen LogP contribution is 2.20. The van der Waals surface area contributed by atoms with E-state index in [1.165, 1.54) is 10.8 Å². The number of methoxy groups -OCH3 is 1. The van der Waals surface area contributed by atoms with E-state index in [0.29, 0.717) is 6.61 Å². The fourth-order valence-corrected chi connectivity index (χ4v) is 1.65. The van der Waals surface area contributed by atoms with Crippen LogP contribution in [-0.4, -0.2) is 20.3 Å². The third kappa shape index (κ3) is 2.74. The first-order valence-corrected chi connectivity index (χ1v) is 5.51. The zero-order chi connectivity index (χ0) is 11.2. The van der Waals surface area contributed by atoms with Crippen molar-refractivity contribution in [3.63, 3.8) is 0 Å². The highest BCUT2D eigenvalue weighted by molar-refractivity contribution is 5.83. The Balaban J connectivity index is 2.02. The molecule has 0 unspecified atom stereocenters. The van der Waals surface area contributed by atoms with E-state index in [0.717, 1.165) is 18.8 Å². The lowest BCUT2D eigenvalue weighted by molar-refractivity contribution is 0.172. The van der Waals surface area contributed by atoms with E-state index in [1.807, 2.05) is 18.2 Å². The third-order valence-corrected chi connectivity index (χ3v) is 2.48. The van der Waals surface area contributed by atoms with Crippen LogP contribution in [0, 0.1) is 0 Å². The van der Waals surface area contributed by atoms with Crippen LogP contribution >= 0.6 is 0 Å². The van der Waals surface area contributed by atoms with Gasteiger partial charge in [0.25, 0.3) is 0 Å². The predicted molar refractivity (Wildman–Crippen MR) is 65.9 cm³/mol. The lowest BCUT2D eigenvalue weighted by Crippen LogP contribution is -2.01. The summed E-state index contributed by atoms with van der Waals surface area (Å²) in [5, 5.41) is 2.46. The first-order valence-electron chi connectivity index (χ1n) is 5.51. The van der Waals surface area contributed by atoms with Gasteiger partial charge >= 0.3 is 0 Å². The van der Waals surface area contributed by atoms with Crippen molar-refractivity contribution in [2.24, 2.45) is 0 Å². The van der Waals surface area contributed by atoms with Crippen molar-refractivity contribution in [1.29, 1.82) is 0 Å². The molecule has 16 heavy (non-hydrogen) atoms. The van der Waals surface area contributed by atoms with Crippen LogP contribution in [0.1, 0.15) is 6.42 Å². The average Bonchev–Trinajstić information content (AvgIpc) is 2.34. The number of hydrogen-bond donors (Lipinski definition) is 0. The number of hydrogen-bond acceptors (Lipinski definition) is 2. The molecule has 0 aliphatic rings. The molecule has 0 fully saturated rings. The molecule has 2 aromatic rings. The molecule has 0 N–H and O–H groups in total. The monoisotopic (exact) mass is 216 g/mol. The summed E-state index contributed by atoms with van der Waals surface area (Å²) in [5.41, 5.74) is 0. The van der Waals surface area contributed by atoms with Gasteiger partial charge in [-0.05, 0) is 22.9 Å². The minimum absolute atomic E-state index is 0.701. The van der Waals surface area contributed by atoms with Crippen molar-refractivity contribution in [2.45, 2.75) is 6.42 Å². The van der Waals surface area contributed by atoms with Crippen molar-refractivity contribution in [3.8, 4) is 5.75 Å². The Bertz CT molecular complexity index is 451. The second-order valence-electron chi connectivity index (χ2n) is 3.70. The Morgan fingerprint density at radius 1 is 0.938 bits per heavy atom. The molecule has 2 rings (SSSR count). The van der Waals surface area contributed by atoms with E-state index < -0.39 is 0 Å². The molecule has 84 valence electrons. The maximum Gasteiger partial charge on any atom is 0.119 e. The lowest BCUT2D eigenvalue weighted by atomic mass is 10.1. The number of ether oxygens (including phenoxy) is 2. The maximum atomic E-state index is 5.64. The van der Waals surface area contributed by atoms with Gasteiger partial charge in [0.05, 0.1) is 6.61 Å². The molecule has 0 saturated carbocycles. The van der Waals surface area contributed by atoms with Gasteiger partial charge in [-0.15, -0.1) is 0 Å². The molecule has 2 aromatic carbocycles. The lowest BCUT2D eigenvalue weighted by Gasteiger charge is -2.06. The van der Waals surface area contributed by atoms with E-state index in [4.69, 9.17) is 9.47 Å². The topological polar surface area (TPSA) is 18.5 Å². The SMILES string of the molecule is COCCCOc1ccc2ccccc2c1. The summed E-state index contributed by atoms with van der Waals surface area (Å²) in [6, 6.07) is 14.4. The van der Waals surface area contributed by atoms with Crippen molar-refractivity contribution in [2.75, 3.05) is 20.3 Å². The van der Waals surface area contributed by atoms with Gasteiger partial charge in [-0.1, -0.05) is 30.3 Å². The van der Waals surface area contributed by atoms with Crippen LogP contribution in [0.4, 0.5) is 0 Å². The van der Waals surface area contributed by atoms with E-state index in [-0.39, 0.29) is 0 Å². The summed E-state index contributed by atoms with van der Waals surface area (Å²) in [7, 11) is 1.70. The summed E-state index contributed by atoms with van der Waals surface area (Å²) in [6.07, 6.45) is 0.920. The molecule has 0 radical (unpaired) electrons. The Morgan fingerprint density at radius 2 is 1.75 bits per heavy atom. The molecular formula is C14H16O2. The molecular weight excluding hydrogens is 200 g/mol. The first-order chi connectivity index (χ1) is 7.90. The number of fused-ring (bicyclic) bond motifs is 1. The minimum Gasteiger partial charge on any atom is -0.493 e. The van der Waals surface area contributed by atoms with E-state index in [9.17, 15) is 0 Å². The van der Waals surface area contributed by atoms with Crippen molar-refractivity contribution in [1.82, 2.24) is 0 Å². The van der Waals surface area contributed by atoms with Crippen LogP contribution in [-0.2, 0) is 4.74 Å². The van der Waals surface area contributed by atoms with Crippen LogP contribution in [0.25, 0.3) is 10.8 Å². The van der Waals surface area contributed by atoms with Crippen LogP contribution < -0.4 is 4.74 Å². The second kappa shape index (κ2) is 5.52. The van der Waals surface area contributed by atoms with Gasteiger partial charge in [0.15, 0.2) is 0 Å². The molecule has 0 bridgehead atoms. The fraction of sp³-hybridized carbons (Fsp3) is 0.286. The highest BCUT2D eigenvalue weighted by atomic mass is 16.5. The van der Waals surface area contributed by atoms with E-state index in [1.54, 1.807) is 7.11 Å². The smallest absolute Gasteiger partial charge is 0.119 e. The highest BCUT2D eigenvalue weighted by Gasteiger charge is 1.96. The summed E-state index contributed by atoms with van der Waals surface area (Å²) in [5.74, 6) is 0.926. The molecule has 0 amide bonds. The summed E-state index contributed by atoms with van der Waals surface area (Å²) in [4.78, 5) is 0. The Kier molecular flexibility index (Phi) is 3.78. The predicted octanol–water partition coefficient (Wildman–Crippen LogP) is 3.26. The van der Waals surface area contributed by atoms with Crippen LogP contribution in [0.3, 0.4) is 0 Å². The zero-order valence-electron chi connectivity index (χ0n) is 9.48. The van der Waals surface area contributed by atoms with Gasteiger partial charge < -0.3 is 9.47 Å². The molecule has 2 heteroatoms. The van der Waals surface area contributed by atoms with Gasteiger partial charge in [0.2, 0.25) is 0 Å². The third-order valence-electron chi connectivity index (χ3n) is 2.48. The van der Waals surface area contributed by atoms with Gasteiger partial charge in [0.1, 0.15) is 5.75 Å². The molecule has 0 aromatic heterocycles. The summed E-state index contributed by atoms with van der Waals surface area (Å²) in [6.45, 7) is 1.44. The largest absolute Gasteiger partial charge is 0.493 e. The zero-order valence-corrected chi connectivity index (χ0v) is 9.48. The van der Waals surface area contributed by atoms with Gasteiger partial charge in [-0.25, -0.2) is 0 Å². The molecule has 0 spiro atoms. The van der Waals surface area contributed by atoms with Gasteiger partial charge in [-0.3, -0.25) is 0 Å². The van der Waals surface area contributed by atoms with Gasteiger partial charge in [-0.2, -0.15) is 0 Å². The quantitative estimate of drug-likeness (QED) is 0.714. The fourth-order valence-electron chi connectivity index (χ4n) is 1.65. The van der Waals surface area contributed by atoms with Crippen molar-refractivity contribution >= 4 is 10.8 Å². The molecule has 0 heterocycles. The first kappa shape index (κ1) is 11.0.